The van der Waals surface area contributed by atoms with E-state index in [0.29, 0.717) is 18.2 Å². The minimum absolute atomic E-state index is 0.381. The summed E-state index contributed by atoms with van der Waals surface area (Å²) in [5, 5.41) is 5.33. The van der Waals surface area contributed by atoms with E-state index in [9.17, 15) is 31.1 Å². The van der Waals surface area contributed by atoms with Gasteiger partial charge in [-0.1, -0.05) is 0 Å². The molecule has 23 heavy (non-hydrogen) atoms. The molecule has 0 saturated heterocycles. The number of carbonyl (C=O) groups is 1. The number of hydrogen-bond acceptors (Lipinski definition) is 2. The van der Waals surface area contributed by atoms with E-state index in [1.54, 1.807) is 0 Å². The average Bonchev–Trinajstić information content (AvgIpc) is 2.82. The van der Waals surface area contributed by atoms with E-state index < -0.39 is 46.8 Å². The number of aryl methyl sites for hydroxylation is 1. The lowest BCUT2D eigenvalue weighted by atomic mass is 10.1. The number of rotatable bonds is 3. The third-order valence-corrected chi connectivity index (χ3v) is 2.98. The second-order valence-electron chi connectivity index (χ2n) is 4.51. The highest BCUT2D eigenvalue weighted by molar-refractivity contribution is 6.05. The van der Waals surface area contributed by atoms with E-state index in [0.717, 1.165) is 10.9 Å². The molecule has 4 nitrogen and oxygen atoms in total. The van der Waals surface area contributed by atoms with E-state index in [4.69, 9.17) is 0 Å². The van der Waals surface area contributed by atoms with Gasteiger partial charge in [0.05, 0.1) is 23.0 Å². The van der Waals surface area contributed by atoms with Crippen LogP contribution in [-0.2, 0) is 13.2 Å². The first kappa shape index (κ1) is 16.8. The van der Waals surface area contributed by atoms with Crippen molar-refractivity contribution in [2.24, 2.45) is 7.05 Å². The van der Waals surface area contributed by atoms with E-state index in [-0.39, 0.29) is 0 Å². The van der Waals surface area contributed by atoms with Crippen LogP contribution in [0.3, 0.4) is 0 Å². The lowest BCUT2D eigenvalue weighted by Crippen LogP contribution is -2.16. The molecule has 0 fully saturated rings. The number of nitrogens with one attached hydrogen (secondary N) is 1. The maximum atomic E-state index is 13.5. The van der Waals surface area contributed by atoms with Crippen molar-refractivity contribution in [1.82, 2.24) is 9.78 Å². The number of alkyl halides is 5. The van der Waals surface area contributed by atoms with Gasteiger partial charge in [-0.3, -0.25) is 9.48 Å². The molecule has 1 aromatic heterocycles. The summed E-state index contributed by atoms with van der Waals surface area (Å²) in [5.74, 6) is -2.32. The van der Waals surface area contributed by atoms with E-state index in [2.05, 4.69) is 5.10 Å². The van der Waals surface area contributed by atoms with Crippen LogP contribution in [0.5, 0.6) is 0 Å². The molecule has 1 heterocycles. The molecule has 0 spiro atoms. The van der Waals surface area contributed by atoms with E-state index in [1.165, 1.54) is 7.05 Å². The van der Waals surface area contributed by atoms with Gasteiger partial charge in [0.1, 0.15) is 11.5 Å². The second kappa shape index (κ2) is 5.94. The van der Waals surface area contributed by atoms with Crippen molar-refractivity contribution in [2.45, 2.75) is 12.6 Å². The molecule has 0 aliphatic carbocycles. The molecule has 2 aromatic rings. The van der Waals surface area contributed by atoms with Gasteiger partial charge in [0, 0.05) is 7.05 Å². The van der Waals surface area contributed by atoms with Gasteiger partial charge in [0.15, 0.2) is 0 Å². The molecule has 0 saturated carbocycles. The van der Waals surface area contributed by atoms with Crippen LogP contribution < -0.4 is 5.32 Å². The van der Waals surface area contributed by atoms with Gasteiger partial charge in [0.25, 0.3) is 12.3 Å². The van der Waals surface area contributed by atoms with Crippen molar-refractivity contribution in [3.63, 3.8) is 0 Å². The van der Waals surface area contributed by atoms with Gasteiger partial charge in [-0.05, 0) is 18.2 Å². The van der Waals surface area contributed by atoms with E-state index >= 15 is 0 Å². The minimum atomic E-state index is -4.74. The van der Waals surface area contributed by atoms with Crippen LogP contribution in [0.4, 0.5) is 32.0 Å². The number of halogens is 6. The summed E-state index contributed by atoms with van der Waals surface area (Å²) in [5.41, 5.74) is -3.24. The van der Waals surface area contributed by atoms with Crippen LogP contribution >= 0.6 is 0 Å². The second-order valence-corrected chi connectivity index (χ2v) is 4.51. The highest BCUT2D eigenvalue weighted by Crippen LogP contribution is 2.32. The molecule has 1 amide bonds. The fraction of sp³-hybridized carbons (Fsp3) is 0.231. The minimum Gasteiger partial charge on any atom is -0.319 e. The van der Waals surface area contributed by atoms with Gasteiger partial charge < -0.3 is 5.32 Å². The normalized spacial score (nSPS) is 11.8. The summed E-state index contributed by atoms with van der Waals surface area (Å²) >= 11 is 0. The molecule has 1 N–H and O–H groups in total. The summed E-state index contributed by atoms with van der Waals surface area (Å²) in [6.45, 7) is 0. The van der Waals surface area contributed by atoms with Gasteiger partial charge in [-0.25, -0.2) is 13.2 Å². The first-order valence-corrected chi connectivity index (χ1v) is 6.09. The molecule has 0 bridgehead atoms. The Morgan fingerprint density at radius 3 is 2.52 bits per heavy atom. The van der Waals surface area contributed by atoms with Crippen LogP contribution in [0.25, 0.3) is 0 Å². The summed E-state index contributed by atoms with van der Waals surface area (Å²) in [4.78, 5) is 11.9. The van der Waals surface area contributed by atoms with Crippen molar-refractivity contribution in [3.8, 4) is 0 Å². The molecule has 0 unspecified atom stereocenters. The van der Waals surface area contributed by atoms with Crippen molar-refractivity contribution in [1.29, 1.82) is 0 Å². The Bertz CT molecular complexity index is 738. The molecular weight excluding hydrogens is 328 g/mol. The van der Waals surface area contributed by atoms with Crippen molar-refractivity contribution >= 4 is 11.6 Å². The summed E-state index contributed by atoms with van der Waals surface area (Å²) in [7, 11) is 1.17. The fourth-order valence-corrected chi connectivity index (χ4v) is 1.87. The lowest BCUT2D eigenvalue weighted by Gasteiger charge is -2.11. The molecule has 0 atom stereocenters. The van der Waals surface area contributed by atoms with Crippen LogP contribution in [0.2, 0.25) is 0 Å². The average molecular weight is 337 g/mol. The fourth-order valence-electron chi connectivity index (χ4n) is 1.87. The Morgan fingerprint density at radius 2 is 1.96 bits per heavy atom. The van der Waals surface area contributed by atoms with Crippen LogP contribution in [0.15, 0.2) is 24.4 Å². The molecule has 124 valence electrons. The van der Waals surface area contributed by atoms with Crippen LogP contribution in [-0.4, -0.2) is 15.7 Å². The summed E-state index contributed by atoms with van der Waals surface area (Å²) < 4.78 is 77.8. The lowest BCUT2D eigenvalue weighted by molar-refractivity contribution is -0.137. The predicted molar refractivity (Wildman–Crippen MR) is 67.5 cm³/mol. The Labute approximate surface area is 125 Å². The topological polar surface area (TPSA) is 46.9 Å². The number of carbonyl (C=O) groups excluding carboxylic acids is 1. The first-order chi connectivity index (χ1) is 10.6. The Balaban J connectivity index is 2.34. The van der Waals surface area contributed by atoms with Crippen molar-refractivity contribution in [3.05, 3.63) is 47.0 Å². The zero-order chi connectivity index (χ0) is 17.4. The Morgan fingerprint density at radius 1 is 1.30 bits per heavy atom. The molecule has 0 aliphatic rings. The molecule has 10 heteroatoms. The third kappa shape index (κ3) is 3.46. The summed E-state index contributed by atoms with van der Waals surface area (Å²) in [6, 6.07) is 1.40. The number of nitrogens with zero attached hydrogens (tertiary/aromatic N) is 2. The molecule has 0 radical (unpaired) electrons. The highest BCUT2D eigenvalue weighted by atomic mass is 19.4. The number of hydrogen-bond donors (Lipinski definition) is 1. The van der Waals surface area contributed by atoms with E-state index in [1.807, 2.05) is 5.32 Å². The SMILES string of the molecule is Cn1ncc(C(=O)Nc2cc(C(F)(F)F)ccc2F)c1C(F)F. The summed E-state index contributed by atoms with van der Waals surface area (Å²) in [6.07, 6.45) is -6.95. The maximum Gasteiger partial charge on any atom is 0.416 e. The monoisotopic (exact) mass is 337 g/mol. The van der Waals surface area contributed by atoms with Gasteiger partial charge >= 0.3 is 6.18 Å². The van der Waals surface area contributed by atoms with Crippen LogP contribution in [0.1, 0.15) is 28.0 Å². The maximum absolute atomic E-state index is 13.5. The number of aromatic nitrogens is 2. The van der Waals surface area contributed by atoms with Gasteiger partial charge in [0.2, 0.25) is 0 Å². The molecule has 0 aliphatic heterocycles. The largest absolute Gasteiger partial charge is 0.416 e. The predicted octanol–water partition coefficient (Wildman–Crippen LogP) is 3.77. The first-order valence-electron chi connectivity index (χ1n) is 6.09. The van der Waals surface area contributed by atoms with Gasteiger partial charge in [-0.2, -0.15) is 18.3 Å². The Hall–Kier alpha value is -2.52. The zero-order valence-electron chi connectivity index (χ0n) is 11.5. The van der Waals surface area contributed by atoms with Crippen molar-refractivity contribution in [2.75, 3.05) is 5.32 Å². The smallest absolute Gasteiger partial charge is 0.319 e. The van der Waals surface area contributed by atoms with Gasteiger partial charge in [-0.15, -0.1) is 0 Å². The third-order valence-electron chi connectivity index (χ3n) is 2.98. The number of amides is 1. The van der Waals surface area contributed by atoms with Crippen LogP contribution in [0, 0.1) is 5.82 Å². The Kier molecular flexibility index (Phi) is 4.35. The number of anilines is 1. The standard InChI is InChI=1S/C13H9F6N3O/c1-22-10(11(15)16)7(5-20-22)12(23)21-9-4-6(13(17,18)19)2-3-8(9)14/h2-5,11H,1H3,(H,21,23). The highest BCUT2D eigenvalue weighted by Gasteiger charge is 2.31. The number of benzene rings is 1. The van der Waals surface area contributed by atoms with Crippen molar-refractivity contribution < 1.29 is 31.1 Å². The molecular formula is C13H9F6N3O. The molecule has 2 rings (SSSR count). The zero-order valence-corrected chi connectivity index (χ0v) is 11.5. The molecule has 1 aromatic carbocycles. The quantitative estimate of drug-likeness (QED) is 0.867.